The normalized spacial score (nSPS) is 14.4. The highest BCUT2D eigenvalue weighted by Gasteiger charge is 2.21. The van der Waals surface area contributed by atoms with Crippen molar-refractivity contribution in [3.8, 4) is 0 Å². The molecule has 0 bridgehead atoms. The van der Waals surface area contributed by atoms with Crippen molar-refractivity contribution < 1.29 is 9.59 Å². The Morgan fingerprint density at radius 2 is 1.65 bits per heavy atom. The van der Waals surface area contributed by atoms with Crippen LogP contribution in [0.25, 0.3) is 0 Å². The van der Waals surface area contributed by atoms with Gasteiger partial charge >= 0.3 is 0 Å². The molecule has 0 atom stereocenters. The molecule has 31 heavy (non-hydrogen) atoms. The van der Waals surface area contributed by atoms with Gasteiger partial charge in [0, 0.05) is 56.2 Å². The summed E-state index contributed by atoms with van der Waals surface area (Å²) in [6.45, 7) is 13.4. The molecule has 1 fully saturated rings. The fraction of sp³-hybridized carbons (Fsp3) is 0.440. The number of rotatable bonds is 7. The van der Waals surface area contributed by atoms with E-state index in [0.29, 0.717) is 30.9 Å². The molecule has 1 aliphatic heterocycles. The SMILES string of the molecule is CCN(CC)C(=O)c1cccc(NC(=O)CN2CCN(c3cccc(C)c3C)CC2)c1. The summed E-state index contributed by atoms with van der Waals surface area (Å²) in [6.07, 6.45) is 0. The number of benzene rings is 2. The molecule has 1 heterocycles. The molecule has 1 saturated heterocycles. The Morgan fingerprint density at radius 1 is 0.968 bits per heavy atom. The lowest BCUT2D eigenvalue weighted by Crippen LogP contribution is -2.48. The highest BCUT2D eigenvalue weighted by atomic mass is 16.2. The zero-order valence-corrected chi connectivity index (χ0v) is 19.1. The van der Waals surface area contributed by atoms with Crippen molar-refractivity contribution in [1.82, 2.24) is 9.80 Å². The largest absolute Gasteiger partial charge is 0.369 e. The first-order valence-corrected chi connectivity index (χ1v) is 11.2. The van der Waals surface area contributed by atoms with Crippen LogP contribution in [0.4, 0.5) is 11.4 Å². The minimum Gasteiger partial charge on any atom is -0.369 e. The molecule has 1 N–H and O–H groups in total. The first kappa shape index (κ1) is 22.8. The van der Waals surface area contributed by atoms with Gasteiger partial charge in [0.15, 0.2) is 0 Å². The second kappa shape index (κ2) is 10.4. The fourth-order valence-corrected chi connectivity index (χ4v) is 4.05. The number of carbonyl (C=O) groups excluding carboxylic acids is 2. The lowest BCUT2D eigenvalue weighted by atomic mass is 10.1. The van der Waals surface area contributed by atoms with E-state index in [0.717, 1.165) is 26.2 Å². The first-order valence-electron chi connectivity index (χ1n) is 11.2. The van der Waals surface area contributed by atoms with Crippen molar-refractivity contribution in [3.63, 3.8) is 0 Å². The molecule has 6 nitrogen and oxygen atoms in total. The molecule has 1 aliphatic rings. The number of nitrogens with zero attached hydrogens (tertiary/aromatic N) is 3. The number of anilines is 2. The predicted octanol–water partition coefficient (Wildman–Crippen LogP) is 3.55. The van der Waals surface area contributed by atoms with E-state index < -0.39 is 0 Å². The summed E-state index contributed by atoms with van der Waals surface area (Å²) in [5.74, 6) is -0.0590. The van der Waals surface area contributed by atoms with Crippen LogP contribution in [0.15, 0.2) is 42.5 Å². The number of hydrogen-bond donors (Lipinski definition) is 1. The number of aryl methyl sites for hydroxylation is 1. The van der Waals surface area contributed by atoms with E-state index >= 15 is 0 Å². The highest BCUT2D eigenvalue weighted by molar-refractivity contribution is 5.97. The molecule has 0 radical (unpaired) electrons. The fourth-order valence-electron chi connectivity index (χ4n) is 4.05. The van der Waals surface area contributed by atoms with Gasteiger partial charge in [-0.05, 0) is 63.1 Å². The van der Waals surface area contributed by atoms with E-state index in [2.05, 4.69) is 47.2 Å². The molecule has 0 aromatic heterocycles. The quantitative estimate of drug-likeness (QED) is 0.742. The summed E-state index contributed by atoms with van der Waals surface area (Å²) in [5.41, 5.74) is 5.19. The van der Waals surface area contributed by atoms with E-state index in [-0.39, 0.29) is 11.8 Å². The van der Waals surface area contributed by atoms with Gasteiger partial charge in [-0.2, -0.15) is 0 Å². The highest BCUT2D eigenvalue weighted by Crippen LogP contribution is 2.23. The maximum Gasteiger partial charge on any atom is 0.253 e. The van der Waals surface area contributed by atoms with E-state index in [4.69, 9.17) is 0 Å². The Morgan fingerprint density at radius 3 is 2.32 bits per heavy atom. The maximum atomic E-state index is 12.6. The van der Waals surface area contributed by atoms with E-state index in [9.17, 15) is 9.59 Å². The van der Waals surface area contributed by atoms with Crippen LogP contribution in [-0.4, -0.2) is 67.4 Å². The summed E-state index contributed by atoms with van der Waals surface area (Å²) in [4.78, 5) is 31.5. The monoisotopic (exact) mass is 422 g/mol. The van der Waals surface area contributed by atoms with Crippen LogP contribution in [0.5, 0.6) is 0 Å². The van der Waals surface area contributed by atoms with Gasteiger partial charge in [-0.1, -0.05) is 18.2 Å². The van der Waals surface area contributed by atoms with Crippen molar-refractivity contribution in [3.05, 3.63) is 59.2 Å². The van der Waals surface area contributed by atoms with E-state index in [1.165, 1.54) is 16.8 Å². The van der Waals surface area contributed by atoms with Crippen molar-refractivity contribution in [1.29, 1.82) is 0 Å². The molecule has 2 aromatic carbocycles. The average Bonchev–Trinajstić information content (AvgIpc) is 2.77. The van der Waals surface area contributed by atoms with E-state index in [1.807, 2.05) is 26.0 Å². The number of piperazine rings is 1. The Balaban J connectivity index is 1.53. The van der Waals surface area contributed by atoms with Crippen molar-refractivity contribution >= 4 is 23.2 Å². The average molecular weight is 423 g/mol. The Kier molecular flexibility index (Phi) is 7.69. The van der Waals surface area contributed by atoms with Gasteiger partial charge in [-0.3, -0.25) is 14.5 Å². The third kappa shape index (κ3) is 5.64. The standard InChI is InChI=1S/C25H34N4O2/c1-5-28(6-2)25(31)21-10-8-11-22(17-21)26-24(30)18-27-13-15-29(16-14-27)23-12-7-9-19(3)20(23)4/h7-12,17H,5-6,13-16,18H2,1-4H3,(H,26,30). The molecule has 3 rings (SSSR count). The molecule has 0 unspecified atom stereocenters. The molecular weight excluding hydrogens is 388 g/mol. The van der Waals surface area contributed by atoms with Crippen LogP contribution < -0.4 is 10.2 Å². The van der Waals surface area contributed by atoms with Gasteiger partial charge in [-0.15, -0.1) is 0 Å². The summed E-state index contributed by atoms with van der Waals surface area (Å²) in [6, 6.07) is 13.6. The third-order valence-electron chi connectivity index (χ3n) is 6.10. The molecule has 6 heteroatoms. The summed E-state index contributed by atoms with van der Waals surface area (Å²) in [7, 11) is 0. The lowest BCUT2D eigenvalue weighted by molar-refractivity contribution is -0.117. The van der Waals surface area contributed by atoms with Crippen molar-refractivity contribution in [2.24, 2.45) is 0 Å². The minimum absolute atomic E-state index is 0.0105. The van der Waals surface area contributed by atoms with Crippen LogP contribution in [0.1, 0.15) is 35.3 Å². The summed E-state index contributed by atoms with van der Waals surface area (Å²) >= 11 is 0. The van der Waals surface area contributed by atoms with Crippen LogP contribution in [0, 0.1) is 13.8 Å². The smallest absolute Gasteiger partial charge is 0.253 e. The Labute approximate surface area is 185 Å². The maximum absolute atomic E-state index is 12.6. The Hall–Kier alpha value is -2.86. The molecule has 0 saturated carbocycles. The van der Waals surface area contributed by atoms with Gasteiger partial charge in [0.1, 0.15) is 0 Å². The van der Waals surface area contributed by atoms with Gasteiger partial charge < -0.3 is 15.1 Å². The minimum atomic E-state index is -0.0485. The summed E-state index contributed by atoms with van der Waals surface area (Å²) < 4.78 is 0. The van der Waals surface area contributed by atoms with Crippen LogP contribution in [0.2, 0.25) is 0 Å². The molecule has 0 aliphatic carbocycles. The van der Waals surface area contributed by atoms with Gasteiger partial charge in [0.25, 0.3) is 5.91 Å². The zero-order chi connectivity index (χ0) is 22.4. The number of amides is 2. The second-order valence-corrected chi connectivity index (χ2v) is 8.09. The molecular formula is C25H34N4O2. The topological polar surface area (TPSA) is 55.9 Å². The molecule has 2 aromatic rings. The Bertz CT molecular complexity index is 915. The second-order valence-electron chi connectivity index (χ2n) is 8.09. The van der Waals surface area contributed by atoms with Gasteiger partial charge in [0.05, 0.1) is 6.54 Å². The lowest BCUT2D eigenvalue weighted by Gasteiger charge is -2.36. The molecule has 166 valence electrons. The third-order valence-corrected chi connectivity index (χ3v) is 6.10. The zero-order valence-electron chi connectivity index (χ0n) is 19.1. The van der Waals surface area contributed by atoms with E-state index in [1.54, 1.807) is 17.0 Å². The van der Waals surface area contributed by atoms with Gasteiger partial charge in [0.2, 0.25) is 5.91 Å². The number of hydrogen-bond acceptors (Lipinski definition) is 4. The number of nitrogens with one attached hydrogen (secondary N) is 1. The summed E-state index contributed by atoms with van der Waals surface area (Å²) in [5, 5.41) is 2.95. The van der Waals surface area contributed by atoms with Crippen molar-refractivity contribution in [2.45, 2.75) is 27.7 Å². The van der Waals surface area contributed by atoms with Crippen LogP contribution in [-0.2, 0) is 4.79 Å². The molecule has 2 amide bonds. The first-order chi connectivity index (χ1) is 14.9. The van der Waals surface area contributed by atoms with Crippen LogP contribution in [0.3, 0.4) is 0 Å². The predicted molar refractivity (Wildman–Crippen MR) is 127 cm³/mol. The van der Waals surface area contributed by atoms with Gasteiger partial charge in [-0.25, -0.2) is 0 Å². The van der Waals surface area contributed by atoms with Crippen LogP contribution >= 0.6 is 0 Å². The van der Waals surface area contributed by atoms with Crippen molar-refractivity contribution in [2.75, 3.05) is 56.0 Å². The molecule has 0 spiro atoms. The number of carbonyl (C=O) groups is 2.